The molecule has 1 aromatic rings. The van der Waals surface area contributed by atoms with Crippen molar-refractivity contribution in [1.29, 1.82) is 0 Å². The van der Waals surface area contributed by atoms with E-state index >= 15 is 0 Å². The topological polar surface area (TPSA) is 87.7 Å². The van der Waals surface area contributed by atoms with Crippen LogP contribution < -0.4 is 15.4 Å². The smallest absolute Gasteiger partial charge is 0.325 e. The Bertz CT molecular complexity index is 464. The van der Waals surface area contributed by atoms with Crippen LogP contribution in [0.3, 0.4) is 0 Å². The van der Waals surface area contributed by atoms with Crippen LogP contribution in [-0.2, 0) is 4.79 Å². The van der Waals surface area contributed by atoms with Crippen molar-refractivity contribution in [2.45, 2.75) is 13.0 Å². The number of benzene rings is 1. The number of anilines is 1. The zero-order chi connectivity index (χ0) is 13.7. The minimum Gasteiger partial charge on any atom is -0.495 e. The predicted molar refractivity (Wildman–Crippen MR) is 69.9 cm³/mol. The number of carboxylic acids is 1. The van der Waals surface area contributed by atoms with E-state index in [0.717, 1.165) is 4.47 Å². The van der Waals surface area contributed by atoms with Crippen LogP contribution in [0.4, 0.5) is 10.5 Å². The summed E-state index contributed by atoms with van der Waals surface area (Å²) < 4.78 is 5.83. The highest BCUT2D eigenvalue weighted by Crippen LogP contribution is 2.27. The van der Waals surface area contributed by atoms with Crippen LogP contribution >= 0.6 is 15.9 Å². The Morgan fingerprint density at radius 2 is 2.11 bits per heavy atom. The van der Waals surface area contributed by atoms with Crippen LogP contribution in [-0.4, -0.2) is 30.3 Å². The molecular weight excluding hydrogens is 304 g/mol. The third-order valence-electron chi connectivity index (χ3n) is 2.13. The summed E-state index contributed by atoms with van der Waals surface area (Å²) in [6, 6.07) is 3.46. The van der Waals surface area contributed by atoms with Gasteiger partial charge >= 0.3 is 12.0 Å². The van der Waals surface area contributed by atoms with Crippen molar-refractivity contribution in [1.82, 2.24) is 5.32 Å². The summed E-state index contributed by atoms with van der Waals surface area (Å²) in [4.78, 5) is 22.0. The minimum absolute atomic E-state index is 0.505. The van der Waals surface area contributed by atoms with Gasteiger partial charge in [0.2, 0.25) is 0 Å². The first-order valence-corrected chi connectivity index (χ1v) is 5.87. The number of hydrogen-bond donors (Lipinski definition) is 3. The second-order valence-electron chi connectivity index (χ2n) is 3.51. The van der Waals surface area contributed by atoms with Crippen LogP contribution in [0.1, 0.15) is 6.92 Å². The first kappa shape index (κ1) is 14.3. The van der Waals surface area contributed by atoms with Gasteiger partial charge in [-0.15, -0.1) is 0 Å². The monoisotopic (exact) mass is 316 g/mol. The Morgan fingerprint density at radius 1 is 1.44 bits per heavy atom. The van der Waals surface area contributed by atoms with Crippen LogP contribution in [0.15, 0.2) is 22.7 Å². The van der Waals surface area contributed by atoms with Crippen LogP contribution in [0.25, 0.3) is 0 Å². The van der Waals surface area contributed by atoms with Crippen molar-refractivity contribution in [3.63, 3.8) is 0 Å². The number of ether oxygens (including phenoxy) is 1. The first-order chi connectivity index (χ1) is 8.43. The highest BCUT2D eigenvalue weighted by Gasteiger charge is 2.14. The quantitative estimate of drug-likeness (QED) is 0.793. The highest BCUT2D eigenvalue weighted by atomic mass is 79.9. The molecule has 18 heavy (non-hydrogen) atoms. The molecule has 0 spiro atoms. The molecule has 98 valence electrons. The Hall–Kier alpha value is -1.76. The number of carboxylic acid groups (broad SMARTS) is 1. The predicted octanol–water partition coefficient (Wildman–Crippen LogP) is 2.05. The van der Waals surface area contributed by atoms with Crippen molar-refractivity contribution < 1.29 is 19.4 Å². The van der Waals surface area contributed by atoms with E-state index in [1.807, 2.05) is 0 Å². The summed E-state index contributed by atoms with van der Waals surface area (Å²) in [7, 11) is 1.51. The van der Waals surface area contributed by atoms with Crippen molar-refractivity contribution in [3.8, 4) is 5.75 Å². The molecular formula is C11H13BrN2O4. The van der Waals surface area contributed by atoms with Gasteiger partial charge in [0.25, 0.3) is 0 Å². The Kier molecular flexibility index (Phi) is 4.96. The largest absolute Gasteiger partial charge is 0.495 e. The van der Waals surface area contributed by atoms with E-state index in [2.05, 4.69) is 26.6 Å². The molecule has 0 aliphatic rings. The number of carbonyl (C=O) groups is 2. The Balaban J connectivity index is 2.67. The fourth-order valence-corrected chi connectivity index (χ4v) is 1.57. The molecule has 1 aromatic carbocycles. The SMILES string of the molecule is COc1cc(NC(=O)NC(C)C(=O)O)ccc1Br. The molecule has 0 saturated heterocycles. The molecule has 2 amide bonds. The van der Waals surface area contributed by atoms with Crippen molar-refractivity contribution in [2.75, 3.05) is 12.4 Å². The summed E-state index contributed by atoms with van der Waals surface area (Å²) in [6.45, 7) is 1.38. The van der Waals surface area contributed by atoms with Crippen LogP contribution in [0.5, 0.6) is 5.75 Å². The number of methoxy groups -OCH3 is 1. The first-order valence-electron chi connectivity index (χ1n) is 5.08. The molecule has 6 nitrogen and oxygen atoms in total. The second kappa shape index (κ2) is 6.25. The van der Waals surface area contributed by atoms with Gasteiger partial charge in [0.05, 0.1) is 11.6 Å². The lowest BCUT2D eigenvalue weighted by Gasteiger charge is -2.11. The molecule has 1 unspecified atom stereocenters. The summed E-state index contributed by atoms with van der Waals surface area (Å²) >= 11 is 3.29. The van der Waals surface area contributed by atoms with Crippen LogP contribution in [0.2, 0.25) is 0 Å². The standard InChI is InChI=1S/C11H13BrN2O4/c1-6(10(15)16)13-11(17)14-7-3-4-8(12)9(5-7)18-2/h3-6H,1-2H3,(H,15,16)(H2,13,14,17). The Labute approximate surface area is 112 Å². The summed E-state index contributed by atoms with van der Waals surface area (Å²) in [5.41, 5.74) is 0.505. The van der Waals surface area contributed by atoms with Crippen molar-refractivity contribution >= 4 is 33.6 Å². The molecule has 1 rings (SSSR count). The number of hydrogen-bond acceptors (Lipinski definition) is 3. The van der Waals surface area contributed by atoms with Crippen LogP contribution in [0, 0.1) is 0 Å². The lowest BCUT2D eigenvalue weighted by atomic mass is 10.3. The van der Waals surface area contributed by atoms with E-state index in [4.69, 9.17) is 9.84 Å². The number of halogens is 1. The number of amides is 2. The Morgan fingerprint density at radius 3 is 2.67 bits per heavy atom. The van der Waals surface area contributed by atoms with E-state index in [0.29, 0.717) is 11.4 Å². The maximum absolute atomic E-state index is 11.5. The summed E-state index contributed by atoms with van der Waals surface area (Å²) in [5.74, 6) is -0.530. The average Bonchev–Trinajstić information content (AvgIpc) is 2.31. The molecule has 0 radical (unpaired) electrons. The molecule has 0 fully saturated rings. The second-order valence-corrected chi connectivity index (χ2v) is 4.36. The summed E-state index contributed by atoms with van der Waals surface area (Å²) in [5, 5.41) is 13.4. The van der Waals surface area contributed by atoms with Crippen molar-refractivity contribution in [3.05, 3.63) is 22.7 Å². The number of aliphatic carboxylic acids is 1. The molecule has 0 aliphatic heterocycles. The molecule has 0 bridgehead atoms. The van der Waals surface area contributed by atoms with E-state index in [9.17, 15) is 9.59 Å². The van der Waals surface area contributed by atoms with Gasteiger partial charge in [0.15, 0.2) is 0 Å². The number of rotatable bonds is 4. The van der Waals surface area contributed by atoms with Gasteiger partial charge in [0, 0.05) is 11.8 Å². The molecule has 0 saturated carbocycles. The lowest BCUT2D eigenvalue weighted by Crippen LogP contribution is -2.40. The zero-order valence-electron chi connectivity index (χ0n) is 9.86. The molecule has 0 aliphatic carbocycles. The minimum atomic E-state index is -1.10. The zero-order valence-corrected chi connectivity index (χ0v) is 11.4. The van der Waals surface area contributed by atoms with Gasteiger partial charge in [-0.2, -0.15) is 0 Å². The molecule has 0 aromatic heterocycles. The van der Waals surface area contributed by atoms with Gasteiger partial charge in [-0.3, -0.25) is 4.79 Å². The molecule has 3 N–H and O–H groups in total. The number of carbonyl (C=O) groups excluding carboxylic acids is 1. The van der Waals surface area contributed by atoms with Gasteiger partial charge < -0.3 is 20.5 Å². The maximum Gasteiger partial charge on any atom is 0.325 e. The maximum atomic E-state index is 11.5. The van der Waals surface area contributed by atoms with Gasteiger partial charge in [-0.1, -0.05) is 0 Å². The molecule has 7 heteroatoms. The van der Waals surface area contributed by atoms with Crippen molar-refractivity contribution in [2.24, 2.45) is 0 Å². The van der Waals surface area contributed by atoms with E-state index < -0.39 is 18.0 Å². The third kappa shape index (κ3) is 3.92. The summed E-state index contributed by atoms with van der Waals surface area (Å²) in [6.07, 6.45) is 0. The lowest BCUT2D eigenvalue weighted by molar-refractivity contribution is -0.138. The molecule has 0 heterocycles. The molecule has 1 atom stereocenters. The third-order valence-corrected chi connectivity index (χ3v) is 2.78. The highest BCUT2D eigenvalue weighted by molar-refractivity contribution is 9.10. The normalized spacial score (nSPS) is 11.5. The van der Waals surface area contributed by atoms with E-state index in [1.54, 1.807) is 18.2 Å². The van der Waals surface area contributed by atoms with Gasteiger partial charge in [0.1, 0.15) is 11.8 Å². The number of urea groups is 1. The van der Waals surface area contributed by atoms with Gasteiger partial charge in [-0.25, -0.2) is 4.79 Å². The fraction of sp³-hybridized carbons (Fsp3) is 0.273. The van der Waals surface area contributed by atoms with E-state index in [-0.39, 0.29) is 0 Å². The fourth-order valence-electron chi connectivity index (χ4n) is 1.16. The number of nitrogens with one attached hydrogen (secondary N) is 2. The van der Waals surface area contributed by atoms with Gasteiger partial charge in [-0.05, 0) is 35.0 Å². The van der Waals surface area contributed by atoms with E-state index in [1.165, 1.54) is 14.0 Å². The average molecular weight is 317 g/mol.